The molecule has 0 unspecified atom stereocenters. The summed E-state index contributed by atoms with van der Waals surface area (Å²) in [6.45, 7) is 7.16. The molecule has 0 saturated carbocycles. The van der Waals surface area contributed by atoms with Crippen molar-refractivity contribution < 1.29 is 9.90 Å². The zero-order chi connectivity index (χ0) is 19.8. The van der Waals surface area contributed by atoms with Gasteiger partial charge in [0.15, 0.2) is 0 Å². The summed E-state index contributed by atoms with van der Waals surface area (Å²) in [7, 11) is 1.96. The van der Waals surface area contributed by atoms with E-state index in [1.54, 1.807) is 12.1 Å². The molecule has 1 aliphatic rings. The van der Waals surface area contributed by atoms with Gasteiger partial charge in [-0.1, -0.05) is 0 Å². The van der Waals surface area contributed by atoms with Gasteiger partial charge in [0.05, 0.1) is 5.56 Å². The molecule has 3 heterocycles. The van der Waals surface area contributed by atoms with Gasteiger partial charge in [-0.15, -0.1) is 0 Å². The molecular weight excluding hydrogens is 352 g/mol. The standard InChI is InChI=1S/C22H26N4O2/c1-15-14-23-8-7-19(15)25-9-4-10-26(12-11-25)22(28)21-16(2)24(3)20-6-5-17(27)13-18(20)21/h5-8,13-14,27H,4,9-12H2,1-3H3. The molecule has 0 bridgehead atoms. The van der Waals surface area contributed by atoms with E-state index in [9.17, 15) is 9.90 Å². The maximum atomic E-state index is 13.4. The molecule has 1 N–H and O–H groups in total. The Balaban J connectivity index is 1.61. The van der Waals surface area contributed by atoms with Crippen molar-refractivity contribution in [2.24, 2.45) is 7.05 Å². The third-order valence-corrected chi connectivity index (χ3v) is 5.80. The SMILES string of the molecule is Cc1cnccc1N1CCCN(C(=O)c2c(C)n(C)c3ccc(O)cc23)CC1. The zero-order valence-corrected chi connectivity index (χ0v) is 16.6. The highest BCUT2D eigenvalue weighted by Crippen LogP contribution is 2.30. The number of pyridine rings is 1. The molecule has 0 aliphatic carbocycles. The van der Waals surface area contributed by atoms with Crippen LogP contribution in [0.3, 0.4) is 0 Å². The van der Waals surface area contributed by atoms with Crippen molar-refractivity contribution in [3.05, 3.63) is 53.5 Å². The quantitative estimate of drug-likeness (QED) is 0.744. The van der Waals surface area contributed by atoms with Crippen LogP contribution >= 0.6 is 0 Å². The summed E-state index contributed by atoms with van der Waals surface area (Å²) < 4.78 is 2.02. The van der Waals surface area contributed by atoms with Gasteiger partial charge < -0.3 is 19.5 Å². The second-order valence-corrected chi connectivity index (χ2v) is 7.52. The Labute approximate surface area is 165 Å². The van der Waals surface area contributed by atoms with Gasteiger partial charge in [0, 0.05) is 67.9 Å². The summed E-state index contributed by atoms with van der Waals surface area (Å²) >= 11 is 0. The molecule has 0 radical (unpaired) electrons. The van der Waals surface area contributed by atoms with E-state index in [0.717, 1.165) is 48.2 Å². The van der Waals surface area contributed by atoms with Crippen LogP contribution in [0.25, 0.3) is 10.9 Å². The summed E-state index contributed by atoms with van der Waals surface area (Å²) in [5.41, 5.74) is 4.93. The van der Waals surface area contributed by atoms with Crippen LogP contribution < -0.4 is 4.90 Å². The lowest BCUT2D eigenvalue weighted by molar-refractivity contribution is 0.0768. The minimum Gasteiger partial charge on any atom is -0.508 e. The number of phenols is 1. The summed E-state index contributed by atoms with van der Waals surface area (Å²) in [6, 6.07) is 7.27. The van der Waals surface area contributed by atoms with Gasteiger partial charge in [0.25, 0.3) is 5.91 Å². The molecule has 0 atom stereocenters. The summed E-state index contributed by atoms with van der Waals surface area (Å²) in [4.78, 5) is 21.9. The molecule has 1 aromatic carbocycles. The fraction of sp³-hybridized carbons (Fsp3) is 0.364. The van der Waals surface area contributed by atoms with Gasteiger partial charge in [-0.25, -0.2) is 0 Å². The number of phenolic OH excluding ortho intramolecular Hbond substituents is 1. The number of hydrogen-bond donors (Lipinski definition) is 1. The van der Waals surface area contributed by atoms with E-state index in [1.165, 1.54) is 5.69 Å². The molecule has 0 spiro atoms. The molecule has 1 saturated heterocycles. The highest BCUT2D eigenvalue weighted by Gasteiger charge is 2.26. The Morgan fingerprint density at radius 3 is 2.71 bits per heavy atom. The molecule has 2 aromatic heterocycles. The lowest BCUT2D eigenvalue weighted by Gasteiger charge is -2.25. The first kappa shape index (κ1) is 18.3. The van der Waals surface area contributed by atoms with E-state index in [0.29, 0.717) is 12.1 Å². The zero-order valence-electron chi connectivity index (χ0n) is 16.6. The van der Waals surface area contributed by atoms with E-state index in [4.69, 9.17) is 0 Å². The van der Waals surface area contributed by atoms with Crippen molar-refractivity contribution in [2.45, 2.75) is 20.3 Å². The number of benzene rings is 1. The molecule has 1 aliphatic heterocycles. The molecular formula is C22H26N4O2. The number of amides is 1. The highest BCUT2D eigenvalue weighted by molar-refractivity contribution is 6.08. The Bertz CT molecular complexity index is 1040. The molecule has 6 nitrogen and oxygen atoms in total. The monoisotopic (exact) mass is 378 g/mol. The minimum atomic E-state index is 0.0435. The molecule has 28 heavy (non-hydrogen) atoms. The number of nitrogens with zero attached hydrogens (tertiary/aromatic N) is 4. The lowest BCUT2D eigenvalue weighted by atomic mass is 10.1. The molecule has 6 heteroatoms. The number of fused-ring (bicyclic) bond motifs is 1. The van der Waals surface area contributed by atoms with E-state index in [2.05, 4.69) is 16.8 Å². The Hall–Kier alpha value is -3.02. The van der Waals surface area contributed by atoms with Crippen LogP contribution in [-0.4, -0.2) is 51.6 Å². The van der Waals surface area contributed by atoms with Gasteiger partial charge in [-0.3, -0.25) is 9.78 Å². The van der Waals surface area contributed by atoms with Crippen molar-refractivity contribution in [3.63, 3.8) is 0 Å². The van der Waals surface area contributed by atoms with Gasteiger partial charge >= 0.3 is 0 Å². The topological polar surface area (TPSA) is 61.6 Å². The first-order valence-corrected chi connectivity index (χ1v) is 9.70. The predicted molar refractivity (Wildman–Crippen MR) is 111 cm³/mol. The van der Waals surface area contributed by atoms with Crippen molar-refractivity contribution in [1.29, 1.82) is 0 Å². The van der Waals surface area contributed by atoms with Crippen molar-refractivity contribution >= 4 is 22.5 Å². The van der Waals surface area contributed by atoms with E-state index in [-0.39, 0.29) is 11.7 Å². The average molecular weight is 378 g/mol. The highest BCUT2D eigenvalue weighted by atomic mass is 16.3. The number of carbonyl (C=O) groups is 1. The van der Waals surface area contributed by atoms with E-state index in [1.807, 2.05) is 48.0 Å². The van der Waals surface area contributed by atoms with Gasteiger partial charge in [0.1, 0.15) is 5.75 Å². The van der Waals surface area contributed by atoms with Gasteiger partial charge in [0.2, 0.25) is 0 Å². The molecule has 146 valence electrons. The van der Waals surface area contributed by atoms with Gasteiger partial charge in [-0.05, 0) is 50.1 Å². The third-order valence-electron chi connectivity index (χ3n) is 5.80. The van der Waals surface area contributed by atoms with E-state index >= 15 is 0 Å². The van der Waals surface area contributed by atoms with Crippen LogP contribution in [-0.2, 0) is 7.05 Å². The minimum absolute atomic E-state index is 0.0435. The normalized spacial score (nSPS) is 15.1. The van der Waals surface area contributed by atoms with Crippen LogP contribution in [0.15, 0.2) is 36.7 Å². The number of aromatic hydroxyl groups is 1. The summed E-state index contributed by atoms with van der Waals surface area (Å²) in [6.07, 6.45) is 4.62. The van der Waals surface area contributed by atoms with Crippen LogP contribution in [0.2, 0.25) is 0 Å². The molecule has 3 aromatic rings. The van der Waals surface area contributed by atoms with Crippen molar-refractivity contribution in [2.75, 3.05) is 31.1 Å². The fourth-order valence-electron chi connectivity index (χ4n) is 4.17. The molecule has 1 fully saturated rings. The number of anilines is 1. The number of hydrogen-bond acceptors (Lipinski definition) is 4. The van der Waals surface area contributed by atoms with Crippen LogP contribution in [0.5, 0.6) is 5.75 Å². The lowest BCUT2D eigenvalue weighted by Crippen LogP contribution is -2.35. The second kappa shape index (κ2) is 7.19. The van der Waals surface area contributed by atoms with Crippen LogP contribution in [0.4, 0.5) is 5.69 Å². The fourth-order valence-corrected chi connectivity index (χ4v) is 4.17. The average Bonchev–Trinajstić information content (AvgIpc) is 2.84. The summed E-state index contributed by atoms with van der Waals surface area (Å²) in [5, 5.41) is 10.7. The smallest absolute Gasteiger partial charge is 0.256 e. The maximum Gasteiger partial charge on any atom is 0.256 e. The second-order valence-electron chi connectivity index (χ2n) is 7.52. The van der Waals surface area contributed by atoms with E-state index < -0.39 is 0 Å². The predicted octanol–water partition coefficient (Wildman–Crippen LogP) is 3.25. The number of carbonyl (C=O) groups excluding carboxylic acids is 1. The van der Waals surface area contributed by atoms with Crippen molar-refractivity contribution in [3.8, 4) is 5.75 Å². The Kier molecular flexibility index (Phi) is 4.71. The van der Waals surface area contributed by atoms with Gasteiger partial charge in [-0.2, -0.15) is 0 Å². The van der Waals surface area contributed by atoms with Crippen LogP contribution in [0.1, 0.15) is 28.0 Å². The Morgan fingerprint density at radius 2 is 1.93 bits per heavy atom. The largest absolute Gasteiger partial charge is 0.508 e. The first-order valence-electron chi connectivity index (χ1n) is 9.70. The summed E-state index contributed by atoms with van der Waals surface area (Å²) in [5.74, 6) is 0.226. The van der Waals surface area contributed by atoms with Crippen molar-refractivity contribution in [1.82, 2.24) is 14.5 Å². The number of aromatic nitrogens is 2. The molecule has 4 rings (SSSR count). The third kappa shape index (κ3) is 3.09. The molecule has 1 amide bonds. The first-order chi connectivity index (χ1) is 13.5. The van der Waals surface area contributed by atoms with Crippen LogP contribution in [0, 0.1) is 13.8 Å². The Morgan fingerprint density at radius 1 is 1.11 bits per heavy atom. The number of rotatable bonds is 2. The maximum absolute atomic E-state index is 13.4. The number of aryl methyl sites for hydroxylation is 2.